The summed E-state index contributed by atoms with van der Waals surface area (Å²) < 4.78 is 16.8. The van der Waals surface area contributed by atoms with E-state index in [0.717, 1.165) is 64.2 Å². The highest BCUT2D eigenvalue weighted by Crippen LogP contribution is 2.16. The Hall–Kier alpha value is -2.89. The van der Waals surface area contributed by atoms with Crippen LogP contribution in [-0.2, 0) is 28.6 Å². The van der Waals surface area contributed by atoms with Gasteiger partial charge in [0.2, 0.25) is 0 Å². The lowest BCUT2D eigenvalue weighted by molar-refractivity contribution is -0.167. The third-order valence-corrected chi connectivity index (χ3v) is 12.7. The first-order chi connectivity index (χ1) is 33.5. The minimum atomic E-state index is -0.803. The van der Waals surface area contributed by atoms with Gasteiger partial charge in [0, 0.05) is 19.3 Å². The maximum absolute atomic E-state index is 12.8. The predicted octanol–water partition coefficient (Wildman–Crippen LogP) is 19.6. The predicted molar refractivity (Wildman–Crippen MR) is 293 cm³/mol. The zero-order valence-electron chi connectivity index (χ0n) is 45.1. The summed E-state index contributed by atoms with van der Waals surface area (Å²) >= 11 is 0. The van der Waals surface area contributed by atoms with E-state index in [1.54, 1.807) is 0 Å². The molecule has 0 aromatic rings. The van der Waals surface area contributed by atoms with Gasteiger partial charge in [0.05, 0.1) is 0 Å². The second kappa shape index (κ2) is 56.7. The van der Waals surface area contributed by atoms with Crippen LogP contribution in [0.3, 0.4) is 0 Å². The summed E-state index contributed by atoms with van der Waals surface area (Å²) in [6.07, 6.45) is 70.7. The van der Waals surface area contributed by atoms with E-state index in [0.29, 0.717) is 19.3 Å². The topological polar surface area (TPSA) is 78.9 Å². The van der Waals surface area contributed by atoms with E-state index in [2.05, 4.69) is 81.5 Å². The Bertz CT molecular complexity index is 1230. The summed E-state index contributed by atoms with van der Waals surface area (Å²) in [5.41, 5.74) is 0. The van der Waals surface area contributed by atoms with Crippen molar-refractivity contribution in [3.05, 3.63) is 60.8 Å². The lowest BCUT2D eigenvalue weighted by Crippen LogP contribution is -2.30. The van der Waals surface area contributed by atoms with Gasteiger partial charge in [0.15, 0.2) is 6.10 Å². The van der Waals surface area contributed by atoms with Crippen molar-refractivity contribution in [1.29, 1.82) is 0 Å². The molecule has 0 spiro atoms. The fraction of sp³-hybridized carbons (Fsp3) is 0.790. The van der Waals surface area contributed by atoms with Gasteiger partial charge in [-0.15, -0.1) is 0 Å². The van der Waals surface area contributed by atoms with Gasteiger partial charge in [-0.05, 0) is 83.5 Å². The molecule has 1 atom stereocenters. The zero-order chi connectivity index (χ0) is 49.3. The fourth-order valence-corrected chi connectivity index (χ4v) is 8.31. The zero-order valence-corrected chi connectivity index (χ0v) is 45.1. The lowest BCUT2D eigenvalue weighted by Gasteiger charge is -2.18. The Morgan fingerprint density at radius 3 is 0.926 bits per heavy atom. The smallest absolute Gasteiger partial charge is 0.306 e. The van der Waals surface area contributed by atoms with E-state index in [1.807, 2.05) is 0 Å². The van der Waals surface area contributed by atoms with Gasteiger partial charge < -0.3 is 14.2 Å². The Balaban J connectivity index is 4.43. The first-order valence-corrected chi connectivity index (χ1v) is 29.3. The van der Waals surface area contributed by atoms with Crippen LogP contribution in [0.2, 0.25) is 0 Å². The van der Waals surface area contributed by atoms with Crippen LogP contribution in [-0.4, -0.2) is 37.2 Å². The summed E-state index contributed by atoms with van der Waals surface area (Å²) in [7, 11) is 0. The molecular formula is C62H110O6. The summed E-state index contributed by atoms with van der Waals surface area (Å²) in [6.45, 7) is 6.58. The molecule has 0 aromatic carbocycles. The second-order valence-electron chi connectivity index (χ2n) is 19.6. The van der Waals surface area contributed by atoms with E-state index in [4.69, 9.17) is 14.2 Å². The van der Waals surface area contributed by atoms with Gasteiger partial charge >= 0.3 is 17.9 Å². The van der Waals surface area contributed by atoms with E-state index < -0.39 is 6.10 Å². The molecule has 394 valence electrons. The van der Waals surface area contributed by atoms with Crippen LogP contribution in [0.5, 0.6) is 0 Å². The van der Waals surface area contributed by atoms with E-state index in [1.165, 1.54) is 186 Å². The van der Waals surface area contributed by atoms with Crippen LogP contribution in [0.25, 0.3) is 0 Å². The van der Waals surface area contributed by atoms with Gasteiger partial charge in [-0.25, -0.2) is 0 Å². The quantitative estimate of drug-likeness (QED) is 0.0262. The van der Waals surface area contributed by atoms with Crippen molar-refractivity contribution in [1.82, 2.24) is 0 Å². The Labute approximate surface area is 421 Å². The molecule has 0 N–H and O–H groups in total. The molecular weight excluding hydrogens is 841 g/mol. The monoisotopic (exact) mass is 951 g/mol. The fourth-order valence-electron chi connectivity index (χ4n) is 8.31. The Morgan fingerprint density at radius 2 is 0.544 bits per heavy atom. The van der Waals surface area contributed by atoms with Gasteiger partial charge in [-0.3, -0.25) is 14.4 Å². The molecule has 0 aliphatic carbocycles. The summed E-state index contributed by atoms with van der Waals surface area (Å²) in [5.74, 6) is -0.943. The first-order valence-electron chi connectivity index (χ1n) is 29.3. The molecule has 0 fully saturated rings. The van der Waals surface area contributed by atoms with Crippen molar-refractivity contribution in [2.45, 2.75) is 303 Å². The number of esters is 3. The number of allylic oxidation sites excluding steroid dienone is 10. The number of hydrogen-bond acceptors (Lipinski definition) is 6. The number of rotatable bonds is 53. The van der Waals surface area contributed by atoms with Crippen molar-refractivity contribution >= 4 is 17.9 Å². The number of hydrogen-bond donors (Lipinski definition) is 0. The maximum Gasteiger partial charge on any atom is 0.306 e. The molecule has 0 aliphatic rings. The highest BCUT2D eigenvalue weighted by molar-refractivity contribution is 5.71. The standard InChI is InChI=1S/C62H110O6/c1-4-7-10-13-16-19-22-25-28-30-32-34-37-40-43-46-49-52-55-61(64)67-58-59(57-66-60(63)54-51-48-45-42-39-36-33-27-24-21-18-15-12-9-6-3)68-62(65)56-53-50-47-44-41-38-35-31-29-26-23-20-17-14-11-8-5-2/h17,20-21,24,26,29,35,38,44,47,59H,4-16,18-19,22-23,25,27-28,30-34,36-37,39-43,45-46,48-58H2,1-3H3/b20-17-,24-21-,29-26-,38-35-,47-44-. The van der Waals surface area contributed by atoms with Crippen LogP contribution < -0.4 is 0 Å². The van der Waals surface area contributed by atoms with Crippen molar-refractivity contribution in [3.8, 4) is 0 Å². The van der Waals surface area contributed by atoms with Gasteiger partial charge in [0.25, 0.3) is 0 Å². The second-order valence-corrected chi connectivity index (χ2v) is 19.6. The summed E-state index contributed by atoms with van der Waals surface area (Å²) in [5, 5.41) is 0. The number of ether oxygens (including phenoxy) is 3. The molecule has 0 saturated carbocycles. The molecule has 0 aliphatic heterocycles. The summed E-state index contributed by atoms with van der Waals surface area (Å²) in [4.78, 5) is 38.1. The van der Waals surface area contributed by atoms with Crippen LogP contribution in [0.15, 0.2) is 60.8 Å². The Morgan fingerprint density at radius 1 is 0.294 bits per heavy atom. The molecule has 0 heterocycles. The van der Waals surface area contributed by atoms with Crippen LogP contribution in [0, 0.1) is 0 Å². The molecule has 1 unspecified atom stereocenters. The van der Waals surface area contributed by atoms with Crippen molar-refractivity contribution in [2.24, 2.45) is 0 Å². The normalized spacial score (nSPS) is 12.5. The maximum atomic E-state index is 12.8. The van der Waals surface area contributed by atoms with Gasteiger partial charge in [-0.1, -0.05) is 255 Å². The van der Waals surface area contributed by atoms with Gasteiger partial charge in [0.1, 0.15) is 13.2 Å². The number of carbonyl (C=O) groups excluding carboxylic acids is 3. The minimum Gasteiger partial charge on any atom is -0.462 e. The lowest BCUT2D eigenvalue weighted by atomic mass is 10.0. The molecule has 68 heavy (non-hydrogen) atoms. The molecule has 0 aromatic heterocycles. The molecule has 0 saturated heterocycles. The average molecular weight is 952 g/mol. The van der Waals surface area contributed by atoms with E-state index in [-0.39, 0.29) is 37.5 Å². The third kappa shape index (κ3) is 54.1. The highest BCUT2D eigenvalue weighted by Gasteiger charge is 2.19. The number of carbonyl (C=O) groups is 3. The van der Waals surface area contributed by atoms with E-state index >= 15 is 0 Å². The van der Waals surface area contributed by atoms with E-state index in [9.17, 15) is 14.4 Å². The molecule has 6 heteroatoms. The Kier molecular flexibility index (Phi) is 54.3. The molecule has 0 bridgehead atoms. The first kappa shape index (κ1) is 65.1. The molecule has 0 radical (unpaired) electrons. The van der Waals surface area contributed by atoms with Crippen LogP contribution in [0.4, 0.5) is 0 Å². The average Bonchev–Trinajstić information content (AvgIpc) is 3.34. The van der Waals surface area contributed by atoms with Crippen LogP contribution >= 0.6 is 0 Å². The van der Waals surface area contributed by atoms with Gasteiger partial charge in [-0.2, -0.15) is 0 Å². The van der Waals surface area contributed by atoms with Crippen LogP contribution in [0.1, 0.15) is 297 Å². The SMILES string of the molecule is CCCCC/C=C\C/C=C\C/C=C\C/C=C\CCCC(=O)OC(COC(=O)CCCCCCCCC/C=C\CCCCCC)COC(=O)CCCCCCCCCCCCCCCCCCCC. The van der Waals surface area contributed by atoms with Crippen molar-refractivity contribution in [3.63, 3.8) is 0 Å². The highest BCUT2D eigenvalue weighted by atomic mass is 16.6. The van der Waals surface area contributed by atoms with Crippen molar-refractivity contribution < 1.29 is 28.6 Å². The molecule has 6 nitrogen and oxygen atoms in total. The third-order valence-electron chi connectivity index (χ3n) is 12.7. The molecule has 0 rings (SSSR count). The minimum absolute atomic E-state index is 0.0944. The largest absolute Gasteiger partial charge is 0.462 e. The van der Waals surface area contributed by atoms with Crippen molar-refractivity contribution in [2.75, 3.05) is 13.2 Å². The summed E-state index contributed by atoms with van der Waals surface area (Å²) in [6, 6.07) is 0. The number of unbranched alkanes of at least 4 members (excludes halogenated alkanes) is 32. The molecule has 0 amide bonds.